The highest BCUT2D eigenvalue weighted by Gasteiger charge is 2.24. The molecule has 0 aliphatic heterocycles. The maximum atomic E-state index is 14.0. The molecule has 0 saturated heterocycles. The molecule has 3 aromatic carbocycles. The molecule has 1 amide bonds. The molecule has 7 heteroatoms. The second kappa shape index (κ2) is 9.90. The number of aromatic nitrogens is 2. The Kier molecular flexibility index (Phi) is 6.53. The Hall–Kier alpha value is -3.68. The smallest absolute Gasteiger partial charge is 0.268 e. The number of para-hydroxylation sites is 2. The molecule has 5 nitrogen and oxygen atoms in total. The number of thiophene rings is 1. The molecule has 2 aromatic heterocycles. The molecule has 0 fully saturated rings. The number of fused-ring (bicyclic) bond motifs is 1. The zero-order chi connectivity index (χ0) is 24.4. The fourth-order valence-electron chi connectivity index (χ4n) is 3.96. The van der Waals surface area contributed by atoms with Gasteiger partial charge in [0.2, 0.25) is 5.91 Å². The van der Waals surface area contributed by atoms with Crippen LogP contribution in [-0.4, -0.2) is 20.7 Å². The third-order valence-electron chi connectivity index (χ3n) is 5.64. The van der Waals surface area contributed by atoms with Crippen molar-refractivity contribution in [2.75, 3.05) is 5.32 Å². The molecule has 5 rings (SSSR count). The Morgan fingerprint density at radius 2 is 1.54 bits per heavy atom. The molecule has 1 unspecified atom stereocenters. The number of amides is 1. The Labute approximate surface area is 211 Å². The number of carbonyl (C=O) groups excluding carboxylic acids is 1. The molecule has 0 aliphatic carbocycles. The topological polar surface area (TPSA) is 64.0 Å². The van der Waals surface area contributed by atoms with Gasteiger partial charge in [-0.25, -0.2) is 4.98 Å². The summed E-state index contributed by atoms with van der Waals surface area (Å²) in [6.45, 7) is 3.84. The van der Waals surface area contributed by atoms with E-state index in [2.05, 4.69) is 5.32 Å². The summed E-state index contributed by atoms with van der Waals surface area (Å²) in [5.74, 6) is -0.150. The van der Waals surface area contributed by atoms with Crippen LogP contribution in [0.25, 0.3) is 27.0 Å². The summed E-state index contributed by atoms with van der Waals surface area (Å²) in [4.78, 5) is 33.6. The van der Waals surface area contributed by atoms with Crippen molar-refractivity contribution in [2.45, 2.75) is 24.3 Å². The van der Waals surface area contributed by atoms with Crippen LogP contribution in [0.5, 0.6) is 0 Å². The maximum absolute atomic E-state index is 14.0. The molecule has 174 valence electrons. The standard InChI is InChI=1S/C28H23N3O2S2/c1-18-23(20-12-6-3-7-13-20)24-26(34-18)30-28(31(27(24)33)22-16-10-5-11-17-22)35-19(2)25(32)29-21-14-8-4-9-15-21/h3-17,19H,1-2H3,(H,29,32). The van der Waals surface area contributed by atoms with Crippen LogP contribution in [0.2, 0.25) is 0 Å². The number of carbonyl (C=O) groups is 1. The van der Waals surface area contributed by atoms with Gasteiger partial charge in [-0.3, -0.25) is 14.2 Å². The minimum absolute atomic E-state index is 0.137. The molecule has 0 radical (unpaired) electrons. The van der Waals surface area contributed by atoms with Crippen LogP contribution < -0.4 is 10.9 Å². The first kappa shape index (κ1) is 23.1. The van der Waals surface area contributed by atoms with Crippen molar-refractivity contribution in [3.05, 3.63) is 106 Å². The van der Waals surface area contributed by atoms with Crippen LogP contribution in [-0.2, 0) is 4.79 Å². The highest BCUT2D eigenvalue weighted by Crippen LogP contribution is 2.37. The van der Waals surface area contributed by atoms with Crippen LogP contribution >= 0.6 is 23.1 Å². The monoisotopic (exact) mass is 497 g/mol. The molecular weight excluding hydrogens is 474 g/mol. The van der Waals surface area contributed by atoms with Gasteiger partial charge in [0.1, 0.15) is 4.83 Å². The Bertz CT molecular complexity index is 1550. The number of aryl methyl sites for hydroxylation is 1. The van der Waals surface area contributed by atoms with E-state index >= 15 is 0 Å². The number of rotatable bonds is 6. The van der Waals surface area contributed by atoms with E-state index in [0.717, 1.165) is 21.7 Å². The van der Waals surface area contributed by atoms with Gasteiger partial charge in [0, 0.05) is 16.1 Å². The van der Waals surface area contributed by atoms with E-state index in [1.807, 2.05) is 105 Å². The number of benzene rings is 3. The molecule has 2 heterocycles. The van der Waals surface area contributed by atoms with E-state index in [9.17, 15) is 9.59 Å². The number of nitrogens with one attached hydrogen (secondary N) is 1. The first-order valence-electron chi connectivity index (χ1n) is 11.2. The predicted octanol–water partition coefficient (Wildman–Crippen LogP) is 6.54. The van der Waals surface area contributed by atoms with Gasteiger partial charge in [-0.2, -0.15) is 0 Å². The van der Waals surface area contributed by atoms with Crippen LogP contribution in [0.15, 0.2) is 101 Å². The number of hydrogen-bond acceptors (Lipinski definition) is 5. The van der Waals surface area contributed by atoms with E-state index in [1.165, 1.54) is 23.1 Å². The summed E-state index contributed by atoms with van der Waals surface area (Å²) in [5, 5.41) is 3.56. The lowest BCUT2D eigenvalue weighted by molar-refractivity contribution is -0.115. The van der Waals surface area contributed by atoms with Crippen LogP contribution in [0.1, 0.15) is 11.8 Å². The van der Waals surface area contributed by atoms with Crippen LogP contribution in [0.3, 0.4) is 0 Å². The van der Waals surface area contributed by atoms with Crippen molar-refractivity contribution in [1.29, 1.82) is 0 Å². The van der Waals surface area contributed by atoms with E-state index in [4.69, 9.17) is 4.98 Å². The molecule has 0 spiro atoms. The molecule has 1 N–H and O–H groups in total. The highest BCUT2D eigenvalue weighted by atomic mass is 32.2. The van der Waals surface area contributed by atoms with Crippen molar-refractivity contribution >= 4 is 44.9 Å². The summed E-state index contributed by atoms with van der Waals surface area (Å²) in [6, 6.07) is 28.7. The normalized spacial score (nSPS) is 11.9. The van der Waals surface area contributed by atoms with E-state index in [1.54, 1.807) is 4.57 Å². The lowest BCUT2D eigenvalue weighted by Crippen LogP contribution is -2.26. The summed E-state index contributed by atoms with van der Waals surface area (Å²) in [7, 11) is 0. The lowest BCUT2D eigenvalue weighted by Gasteiger charge is -2.16. The second-order valence-corrected chi connectivity index (χ2v) is 10.6. The molecular formula is C28H23N3O2S2. The fraction of sp³-hybridized carbons (Fsp3) is 0.107. The van der Waals surface area contributed by atoms with Crippen LogP contribution in [0, 0.1) is 6.92 Å². The van der Waals surface area contributed by atoms with Crippen molar-refractivity contribution in [3.8, 4) is 16.8 Å². The van der Waals surface area contributed by atoms with Gasteiger partial charge in [0.05, 0.1) is 16.3 Å². The third-order valence-corrected chi connectivity index (χ3v) is 7.69. The van der Waals surface area contributed by atoms with Crippen molar-refractivity contribution in [3.63, 3.8) is 0 Å². The van der Waals surface area contributed by atoms with E-state index < -0.39 is 5.25 Å². The van der Waals surface area contributed by atoms with Crippen molar-refractivity contribution < 1.29 is 4.79 Å². The number of thioether (sulfide) groups is 1. The predicted molar refractivity (Wildman–Crippen MR) is 146 cm³/mol. The SMILES string of the molecule is Cc1sc2nc(SC(C)C(=O)Nc3ccccc3)n(-c3ccccc3)c(=O)c2c1-c1ccccc1. The number of anilines is 1. The first-order chi connectivity index (χ1) is 17.0. The molecule has 0 bridgehead atoms. The summed E-state index contributed by atoms with van der Waals surface area (Å²) < 4.78 is 1.62. The van der Waals surface area contributed by atoms with Crippen molar-refractivity contribution in [1.82, 2.24) is 9.55 Å². The zero-order valence-electron chi connectivity index (χ0n) is 19.3. The molecule has 5 aromatic rings. The fourth-order valence-corrected chi connectivity index (χ4v) is 5.97. The largest absolute Gasteiger partial charge is 0.325 e. The third kappa shape index (κ3) is 4.65. The average Bonchev–Trinajstić information content (AvgIpc) is 3.21. The molecule has 0 aliphatic rings. The Morgan fingerprint density at radius 3 is 2.20 bits per heavy atom. The van der Waals surface area contributed by atoms with Crippen molar-refractivity contribution in [2.24, 2.45) is 0 Å². The van der Waals surface area contributed by atoms with Gasteiger partial charge in [-0.05, 0) is 43.7 Å². The van der Waals surface area contributed by atoms with Gasteiger partial charge in [-0.1, -0.05) is 78.5 Å². The van der Waals surface area contributed by atoms with E-state index in [0.29, 0.717) is 21.1 Å². The summed E-state index contributed by atoms with van der Waals surface area (Å²) in [5.41, 5.74) is 3.22. The molecule has 35 heavy (non-hydrogen) atoms. The van der Waals surface area contributed by atoms with Crippen LogP contribution in [0.4, 0.5) is 5.69 Å². The molecule has 0 saturated carbocycles. The van der Waals surface area contributed by atoms with Gasteiger partial charge in [0.15, 0.2) is 5.16 Å². The minimum atomic E-state index is -0.468. The quantitative estimate of drug-likeness (QED) is 0.214. The van der Waals surface area contributed by atoms with Gasteiger partial charge in [0.25, 0.3) is 5.56 Å². The maximum Gasteiger partial charge on any atom is 0.268 e. The minimum Gasteiger partial charge on any atom is -0.325 e. The number of hydrogen-bond donors (Lipinski definition) is 1. The highest BCUT2D eigenvalue weighted by molar-refractivity contribution is 8.00. The van der Waals surface area contributed by atoms with Gasteiger partial charge >= 0.3 is 0 Å². The lowest BCUT2D eigenvalue weighted by atomic mass is 10.0. The average molecular weight is 498 g/mol. The summed E-state index contributed by atoms with van der Waals surface area (Å²) in [6.07, 6.45) is 0. The Morgan fingerprint density at radius 1 is 0.943 bits per heavy atom. The van der Waals surface area contributed by atoms with E-state index in [-0.39, 0.29) is 11.5 Å². The van der Waals surface area contributed by atoms with Gasteiger partial charge in [-0.15, -0.1) is 11.3 Å². The first-order valence-corrected chi connectivity index (χ1v) is 12.9. The second-order valence-electron chi connectivity index (χ2n) is 8.07. The Balaban J connectivity index is 1.62. The zero-order valence-corrected chi connectivity index (χ0v) is 20.9. The summed E-state index contributed by atoms with van der Waals surface area (Å²) >= 11 is 2.78. The number of nitrogens with zero attached hydrogens (tertiary/aromatic N) is 2. The van der Waals surface area contributed by atoms with Gasteiger partial charge < -0.3 is 5.32 Å². The molecule has 1 atom stereocenters.